The van der Waals surface area contributed by atoms with Crippen LogP contribution in [-0.2, 0) is 23.2 Å². The second-order valence-electron chi connectivity index (χ2n) is 6.86. The molecule has 0 aliphatic carbocycles. The topological polar surface area (TPSA) is 116 Å². The second-order valence-corrected chi connectivity index (χ2v) is 6.86. The number of anilines is 1. The van der Waals surface area contributed by atoms with Crippen LogP contribution in [0.4, 0.5) is 5.69 Å². The number of hydrogen-bond donors (Lipinski definition) is 1. The molecule has 3 heterocycles. The Hall–Kier alpha value is -4.01. The molecule has 1 aromatic carbocycles. The summed E-state index contributed by atoms with van der Waals surface area (Å²) in [5, 5.41) is 8.28. The van der Waals surface area contributed by atoms with Crippen molar-refractivity contribution in [1.82, 2.24) is 14.8 Å². The highest BCUT2D eigenvalue weighted by Crippen LogP contribution is 2.23. The van der Waals surface area contributed by atoms with Gasteiger partial charge in [0.1, 0.15) is 12.2 Å². The van der Waals surface area contributed by atoms with Crippen LogP contribution in [0.25, 0.3) is 22.0 Å². The Morgan fingerprint density at radius 2 is 2.00 bits per heavy atom. The van der Waals surface area contributed by atoms with Crippen LogP contribution in [0.3, 0.4) is 0 Å². The predicted octanol–water partition coefficient (Wildman–Crippen LogP) is 2.70. The summed E-state index contributed by atoms with van der Waals surface area (Å²) in [6.07, 6.45) is 1.43. The van der Waals surface area contributed by atoms with Crippen molar-refractivity contribution in [3.63, 3.8) is 0 Å². The van der Waals surface area contributed by atoms with Gasteiger partial charge in [0.2, 0.25) is 5.91 Å². The molecule has 4 rings (SSSR count). The van der Waals surface area contributed by atoms with E-state index in [2.05, 4.69) is 15.4 Å². The molecule has 1 amide bonds. The highest BCUT2D eigenvalue weighted by atomic mass is 16.5. The molecular weight excluding hydrogens is 388 g/mol. The highest BCUT2D eigenvalue weighted by Gasteiger charge is 2.15. The fraction of sp³-hybridized carbons (Fsp3) is 0.190. The van der Waals surface area contributed by atoms with Gasteiger partial charge >= 0.3 is 11.6 Å². The van der Waals surface area contributed by atoms with Crippen molar-refractivity contribution in [2.24, 2.45) is 7.05 Å². The van der Waals surface area contributed by atoms with Crippen LogP contribution in [-0.4, -0.2) is 26.6 Å². The van der Waals surface area contributed by atoms with Gasteiger partial charge in [-0.3, -0.25) is 9.48 Å². The second kappa shape index (κ2) is 7.43. The molecule has 0 aliphatic rings. The van der Waals surface area contributed by atoms with Crippen LogP contribution in [0.1, 0.15) is 28.5 Å². The average molecular weight is 406 g/mol. The molecule has 1 N–H and O–H groups in total. The third kappa shape index (κ3) is 3.64. The van der Waals surface area contributed by atoms with Gasteiger partial charge in [-0.1, -0.05) is 0 Å². The summed E-state index contributed by atoms with van der Waals surface area (Å²) >= 11 is 0. The van der Waals surface area contributed by atoms with Crippen LogP contribution >= 0.6 is 0 Å². The lowest BCUT2D eigenvalue weighted by atomic mass is 10.1. The number of pyridine rings is 1. The van der Waals surface area contributed by atoms with Crippen LogP contribution in [0.5, 0.6) is 0 Å². The van der Waals surface area contributed by atoms with Crippen LogP contribution in [0.2, 0.25) is 0 Å². The quantitative estimate of drug-likeness (QED) is 0.409. The Morgan fingerprint density at radius 3 is 2.77 bits per heavy atom. The molecule has 0 saturated carbocycles. The minimum atomic E-state index is -0.581. The van der Waals surface area contributed by atoms with Gasteiger partial charge in [-0.05, 0) is 25.1 Å². The summed E-state index contributed by atoms with van der Waals surface area (Å²) in [5.41, 5.74) is 2.42. The highest BCUT2D eigenvalue weighted by molar-refractivity contribution is 5.94. The van der Waals surface area contributed by atoms with Crippen molar-refractivity contribution in [3.05, 3.63) is 63.8 Å². The summed E-state index contributed by atoms with van der Waals surface area (Å²) in [4.78, 5) is 40.0. The lowest BCUT2D eigenvalue weighted by molar-refractivity contribution is -0.114. The van der Waals surface area contributed by atoms with Gasteiger partial charge in [0, 0.05) is 54.3 Å². The maximum Gasteiger partial charge on any atom is 0.340 e. The first-order valence-electron chi connectivity index (χ1n) is 9.12. The van der Waals surface area contributed by atoms with E-state index in [0.717, 1.165) is 11.1 Å². The van der Waals surface area contributed by atoms with Gasteiger partial charge in [-0.25, -0.2) is 14.6 Å². The van der Waals surface area contributed by atoms with Crippen molar-refractivity contribution < 1.29 is 18.7 Å². The molecule has 0 unspecified atom stereocenters. The van der Waals surface area contributed by atoms with Crippen molar-refractivity contribution in [2.75, 3.05) is 5.32 Å². The Morgan fingerprint density at radius 1 is 1.20 bits per heavy atom. The minimum Gasteiger partial charge on any atom is -0.457 e. The molecule has 0 aliphatic heterocycles. The Kier molecular flexibility index (Phi) is 4.78. The first-order chi connectivity index (χ1) is 14.3. The number of benzene rings is 1. The number of ether oxygens (including phenoxy) is 1. The van der Waals surface area contributed by atoms with E-state index in [9.17, 15) is 14.4 Å². The van der Waals surface area contributed by atoms with E-state index in [4.69, 9.17) is 9.15 Å². The summed E-state index contributed by atoms with van der Waals surface area (Å²) in [6.45, 7) is 3.10. The monoisotopic (exact) mass is 406 g/mol. The average Bonchev–Trinajstić information content (AvgIpc) is 2.98. The zero-order valence-electron chi connectivity index (χ0n) is 16.6. The first-order valence-corrected chi connectivity index (χ1v) is 9.12. The van der Waals surface area contributed by atoms with E-state index in [-0.39, 0.29) is 18.1 Å². The van der Waals surface area contributed by atoms with Crippen LogP contribution in [0, 0.1) is 6.92 Å². The molecule has 9 heteroatoms. The maximum absolute atomic E-state index is 12.5. The maximum atomic E-state index is 12.5. The minimum absolute atomic E-state index is 0.121. The molecule has 0 radical (unpaired) electrons. The zero-order valence-corrected chi connectivity index (χ0v) is 16.6. The lowest BCUT2D eigenvalue weighted by Crippen LogP contribution is -2.09. The standard InChI is InChI=1S/C21H18N4O5/c1-11-17-6-13(9-22-20(17)25(3)24-11)21(28)29-10-14-7-19(27)30-18-8-15(23-12(2)26)4-5-16(14)18/h4-9H,10H2,1-3H3,(H,23,26). The number of hydrogen-bond acceptors (Lipinski definition) is 7. The molecule has 152 valence electrons. The molecule has 0 bridgehead atoms. The molecule has 3 aromatic heterocycles. The number of aryl methyl sites for hydroxylation is 2. The molecule has 30 heavy (non-hydrogen) atoms. The summed E-state index contributed by atoms with van der Waals surface area (Å²) < 4.78 is 12.3. The molecule has 0 saturated heterocycles. The van der Waals surface area contributed by atoms with E-state index in [1.54, 1.807) is 36.0 Å². The van der Waals surface area contributed by atoms with Crippen molar-refractivity contribution >= 4 is 39.6 Å². The number of nitrogens with one attached hydrogen (secondary N) is 1. The number of carbonyl (C=O) groups excluding carboxylic acids is 2. The molecule has 0 spiro atoms. The predicted molar refractivity (Wildman–Crippen MR) is 109 cm³/mol. The molecule has 0 atom stereocenters. The van der Waals surface area contributed by atoms with Gasteiger partial charge in [-0.15, -0.1) is 0 Å². The number of nitrogens with zero attached hydrogens (tertiary/aromatic N) is 3. The van der Waals surface area contributed by atoms with E-state index in [1.165, 1.54) is 19.2 Å². The van der Waals surface area contributed by atoms with Crippen molar-refractivity contribution in [1.29, 1.82) is 0 Å². The van der Waals surface area contributed by atoms with Gasteiger partial charge in [0.15, 0.2) is 5.65 Å². The zero-order chi connectivity index (χ0) is 21.4. The smallest absolute Gasteiger partial charge is 0.340 e. The van der Waals surface area contributed by atoms with E-state index < -0.39 is 11.6 Å². The molecule has 9 nitrogen and oxygen atoms in total. The Balaban J connectivity index is 1.60. The SMILES string of the molecule is CC(=O)Nc1ccc2c(COC(=O)c3cnc4c(c3)c(C)nn4C)cc(=O)oc2c1. The van der Waals surface area contributed by atoms with E-state index in [1.807, 2.05) is 6.92 Å². The fourth-order valence-electron chi connectivity index (χ4n) is 3.28. The van der Waals surface area contributed by atoms with Gasteiger partial charge < -0.3 is 14.5 Å². The number of fused-ring (bicyclic) bond motifs is 2. The number of aromatic nitrogens is 3. The van der Waals surface area contributed by atoms with E-state index >= 15 is 0 Å². The van der Waals surface area contributed by atoms with Crippen molar-refractivity contribution in [2.45, 2.75) is 20.5 Å². The number of rotatable bonds is 4. The molecule has 4 aromatic rings. The lowest BCUT2D eigenvalue weighted by Gasteiger charge is -2.09. The third-order valence-corrected chi connectivity index (χ3v) is 4.61. The normalized spacial score (nSPS) is 11.0. The van der Waals surface area contributed by atoms with Gasteiger partial charge in [0.25, 0.3) is 0 Å². The van der Waals surface area contributed by atoms with Crippen molar-refractivity contribution in [3.8, 4) is 0 Å². The summed E-state index contributed by atoms with van der Waals surface area (Å²) in [7, 11) is 1.78. The Labute approximate surface area is 170 Å². The third-order valence-electron chi connectivity index (χ3n) is 4.61. The number of amides is 1. The van der Waals surface area contributed by atoms with Gasteiger partial charge in [-0.2, -0.15) is 5.10 Å². The number of carbonyl (C=O) groups is 2. The van der Waals surface area contributed by atoms with Crippen LogP contribution < -0.4 is 10.9 Å². The largest absolute Gasteiger partial charge is 0.457 e. The van der Waals surface area contributed by atoms with Gasteiger partial charge in [0.05, 0.1) is 11.3 Å². The summed E-state index contributed by atoms with van der Waals surface area (Å²) in [6, 6.07) is 7.88. The first kappa shape index (κ1) is 19.3. The van der Waals surface area contributed by atoms with Crippen LogP contribution in [0.15, 0.2) is 45.7 Å². The number of esters is 1. The Bertz CT molecular complexity index is 1370. The van der Waals surface area contributed by atoms with E-state index in [0.29, 0.717) is 27.8 Å². The fourth-order valence-corrected chi connectivity index (χ4v) is 3.28. The summed E-state index contributed by atoms with van der Waals surface area (Å²) in [5.74, 6) is -0.805. The molecular formula is C21H18N4O5. The molecule has 0 fully saturated rings.